The molecule has 4 aromatic rings. The third kappa shape index (κ3) is 4.31. The number of halogens is 2. The number of anilines is 2. The Balaban J connectivity index is 1.65. The first kappa shape index (κ1) is 21.8. The fourth-order valence-corrected chi connectivity index (χ4v) is 4.76. The van der Waals surface area contributed by atoms with E-state index in [9.17, 15) is 18.0 Å². The van der Waals surface area contributed by atoms with Crippen LogP contribution < -0.4 is 15.6 Å². The molecule has 11 heteroatoms. The Morgan fingerprint density at radius 1 is 0.969 bits per heavy atom. The molecular weight excluding hydrogens is 475 g/mol. The zero-order chi connectivity index (χ0) is 22.9. The molecule has 4 rings (SSSR count). The van der Waals surface area contributed by atoms with Gasteiger partial charge in [-0.1, -0.05) is 41.4 Å². The second-order valence-corrected chi connectivity index (χ2v) is 9.06. The summed E-state index contributed by atoms with van der Waals surface area (Å²) in [6.45, 7) is 0. The zero-order valence-electron chi connectivity index (χ0n) is 16.1. The van der Waals surface area contributed by atoms with Crippen LogP contribution in [0.1, 0.15) is 10.4 Å². The molecule has 0 unspecified atom stereocenters. The Kier molecular flexibility index (Phi) is 5.88. The van der Waals surface area contributed by atoms with Gasteiger partial charge in [-0.3, -0.25) is 18.7 Å². The summed E-state index contributed by atoms with van der Waals surface area (Å²) >= 11 is 12.1. The van der Waals surface area contributed by atoms with Crippen LogP contribution in [0.5, 0.6) is 0 Å². The van der Waals surface area contributed by atoms with Crippen LogP contribution in [-0.4, -0.2) is 23.7 Å². The van der Waals surface area contributed by atoms with Crippen LogP contribution in [0, 0.1) is 0 Å². The minimum absolute atomic E-state index is 0.0602. The maximum Gasteiger partial charge on any atom is 0.270 e. The van der Waals surface area contributed by atoms with Crippen LogP contribution in [0.4, 0.5) is 11.4 Å². The summed E-state index contributed by atoms with van der Waals surface area (Å²) in [7, 11) is -4.12. The second kappa shape index (κ2) is 8.62. The van der Waals surface area contributed by atoms with Crippen LogP contribution in [0.3, 0.4) is 0 Å². The third-order valence-electron chi connectivity index (χ3n) is 4.45. The van der Waals surface area contributed by atoms with Gasteiger partial charge in [0, 0.05) is 18.1 Å². The van der Waals surface area contributed by atoms with Gasteiger partial charge in [-0.15, -0.1) is 0 Å². The number of carbonyl (C=O) groups is 1. The number of fused-ring (bicyclic) bond motifs is 1. The minimum atomic E-state index is -4.12. The molecule has 0 fully saturated rings. The van der Waals surface area contributed by atoms with Gasteiger partial charge in [0.05, 0.1) is 15.7 Å². The summed E-state index contributed by atoms with van der Waals surface area (Å²) in [4.78, 5) is 29.1. The van der Waals surface area contributed by atoms with Crippen LogP contribution in [0.15, 0.2) is 82.7 Å². The summed E-state index contributed by atoms with van der Waals surface area (Å²) in [5.74, 6) is -0.745. The van der Waals surface area contributed by atoms with Crippen molar-refractivity contribution in [2.45, 2.75) is 4.90 Å². The molecule has 2 heterocycles. The number of para-hydroxylation sites is 1. The standard InChI is InChI=1S/C21H14Cl2N4O4S/c22-15-5-1-2-6-17(15)26-32(30,31)18-11-13(8-9-16(18)23)25-20(28)14-12-24-19-7-3-4-10-27(19)21(14)29/h1-12,26H,(H,25,28). The molecule has 0 saturated carbocycles. The predicted molar refractivity (Wildman–Crippen MR) is 123 cm³/mol. The number of rotatable bonds is 5. The Bertz CT molecular complexity index is 1520. The lowest BCUT2D eigenvalue weighted by Gasteiger charge is -2.12. The molecular formula is C21H14Cl2N4O4S. The van der Waals surface area contributed by atoms with Crippen molar-refractivity contribution in [1.29, 1.82) is 0 Å². The Morgan fingerprint density at radius 3 is 2.50 bits per heavy atom. The van der Waals surface area contributed by atoms with Crippen LogP contribution in [0.2, 0.25) is 10.0 Å². The van der Waals surface area contributed by atoms with Crippen molar-refractivity contribution >= 4 is 56.2 Å². The SMILES string of the molecule is O=C(Nc1ccc(Cl)c(S(=O)(=O)Nc2ccccc2Cl)c1)c1cnc2ccccn2c1=O. The molecule has 0 atom stereocenters. The van der Waals surface area contributed by atoms with Crippen molar-refractivity contribution in [1.82, 2.24) is 9.38 Å². The van der Waals surface area contributed by atoms with Crippen molar-refractivity contribution in [2.24, 2.45) is 0 Å². The molecule has 2 aromatic carbocycles. The average Bonchev–Trinajstić information content (AvgIpc) is 2.77. The number of aromatic nitrogens is 2. The highest BCUT2D eigenvalue weighted by molar-refractivity contribution is 7.92. The number of nitrogens with zero attached hydrogens (tertiary/aromatic N) is 2. The van der Waals surface area contributed by atoms with Crippen LogP contribution in [0.25, 0.3) is 5.65 Å². The lowest BCUT2D eigenvalue weighted by molar-refractivity contribution is 0.102. The average molecular weight is 489 g/mol. The predicted octanol–water partition coefficient (Wildman–Crippen LogP) is 4.05. The van der Waals surface area contributed by atoms with E-state index in [0.29, 0.717) is 5.65 Å². The first-order chi connectivity index (χ1) is 15.3. The molecule has 0 radical (unpaired) electrons. The number of amides is 1. The van der Waals surface area contributed by atoms with E-state index in [-0.39, 0.29) is 31.9 Å². The Labute approximate surface area is 192 Å². The number of benzene rings is 2. The molecule has 162 valence electrons. The van der Waals surface area contributed by atoms with Gasteiger partial charge in [0.2, 0.25) is 0 Å². The van der Waals surface area contributed by atoms with E-state index in [4.69, 9.17) is 23.2 Å². The molecule has 0 spiro atoms. The van der Waals surface area contributed by atoms with E-state index in [2.05, 4.69) is 15.0 Å². The van der Waals surface area contributed by atoms with Gasteiger partial charge in [0.1, 0.15) is 16.1 Å². The minimum Gasteiger partial charge on any atom is -0.322 e. The number of nitrogens with one attached hydrogen (secondary N) is 2. The monoisotopic (exact) mass is 488 g/mol. The van der Waals surface area contributed by atoms with E-state index >= 15 is 0 Å². The zero-order valence-corrected chi connectivity index (χ0v) is 18.4. The van der Waals surface area contributed by atoms with Gasteiger partial charge < -0.3 is 5.32 Å². The van der Waals surface area contributed by atoms with Gasteiger partial charge in [0.25, 0.3) is 21.5 Å². The summed E-state index contributed by atoms with van der Waals surface area (Å²) in [6.07, 6.45) is 2.66. The van der Waals surface area contributed by atoms with Gasteiger partial charge in [0.15, 0.2) is 0 Å². The molecule has 0 aliphatic heterocycles. The van der Waals surface area contributed by atoms with Crippen molar-refractivity contribution in [3.05, 3.63) is 99.0 Å². The number of pyridine rings is 1. The van der Waals surface area contributed by atoms with E-state index in [1.807, 2.05) is 0 Å². The molecule has 0 aliphatic rings. The van der Waals surface area contributed by atoms with E-state index in [1.165, 1.54) is 47.1 Å². The van der Waals surface area contributed by atoms with Gasteiger partial charge in [-0.2, -0.15) is 0 Å². The summed E-state index contributed by atoms with van der Waals surface area (Å²) in [6, 6.07) is 15.2. The molecule has 2 N–H and O–H groups in total. The number of carbonyl (C=O) groups excluding carboxylic acids is 1. The first-order valence-corrected chi connectivity index (χ1v) is 11.3. The van der Waals surface area contributed by atoms with E-state index < -0.39 is 21.5 Å². The topological polar surface area (TPSA) is 110 Å². The van der Waals surface area contributed by atoms with Crippen molar-refractivity contribution in [3.63, 3.8) is 0 Å². The quantitative estimate of drug-likeness (QED) is 0.440. The maximum absolute atomic E-state index is 12.9. The first-order valence-electron chi connectivity index (χ1n) is 9.11. The molecule has 0 bridgehead atoms. The molecule has 0 saturated heterocycles. The molecule has 0 aliphatic carbocycles. The highest BCUT2D eigenvalue weighted by atomic mass is 35.5. The van der Waals surface area contributed by atoms with E-state index in [1.54, 1.807) is 30.3 Å². The lowest BCUT2D eigenvalue weighted by Crippen LogP contribution is -2.26. The van der Waals surface area contributed by atoms with Crippen LogP contribution >= 0.6 is 23.2 Å². The summed E-state index contributed by atoms with van der Waals surface area (Å²) in [5.41, 5.74) is -0.0801. The fourth-order valence-electron chi connectivity index (χ4n) is 2.91. The van der Waals surface area contributed by atoms with E-state index in [0.717, 1.165) is 0 Å². The second-order valence-electron chi connectivity index (χ2n) is 6.59. The van der Waals surface area contributed by atoms with Crippen LogP contribution in [-0.2, 0) is 10.0 Å². The number of sulfonamides is 1. The Hall–Kier alpha value is -3.40. The van der Waals surface area contributed by atoms with Crippen molar-refractivity contribution in [2.75, 3.05) is 10.0 Å². The maximum atomic E-state index is 12.9. The fraction of sp³-hybridized carbons (Fsp3) is 0. The smallest absolute Gasteiger partial charge is 0.270 e. The molecule has 32 heavy (non-hydrogen) atoms. The highest BCUT2D eigenvalue weighted by Gasteiger charge is 2.21. The molecule has 2 aromatic heterocycles. The number of hydrogen-bond donors (Lipinski definition) is 2. The lowest BCUT2D eigenvalue weighted by atomic mass is 10.2. The van der Waals surface area contributed by atoms with Gasteiger partial charge >= 0.3 is 0 Å². The largest absolute Gasteiger partial charge is 0.322 e. The van der Waals surface area contributed by atoms with Crippen molar-refractivity contribution < 1.29 is 13.2 Å². The Morgan fingerprint density at radius 2 is 1.72 bits per heavy atom. The summed E-state index contributed by atoms with van der Waals surface area (Å²) < 4.78 is 29.3. The molecule has 1 amide bonds. The molecule has 8 nitrogen and oxygen atoms in total. The van der Waals surface area contributed by atoms with Crippen molar-refractivity contribution in [3.8, 4) is 0 Å². The summed E-state index contributed by atoms with van der Waals surface area (Å²) in [5, 5.41) is 2.66. The van der Waals surface area contributed by atoms with Gasteiger partial charge in [-0.05, 0) is 42.5 Å². The van der Waals surface area contributed by atoms with Gasteiger partial charge in [-0.25, -0.2) is 13.4 Å². The third-order valence-corrected chi connectivity index (χ3v) is 6.63. The normalized spacial score (nSPS) is 11.3. The highest BCUT2D eigenvalue weighted by Crippen LogP contribution is 2.29. The number of hydrogen-bond acceptors (Lipinski definition) is 5.